The van der Waals surface area contributed by atoms with Gasteiger partial charge in [-0.25, -0.2) is 0 Å². The first-order chi connectivity index (χ1) is 7.81. The molecule has 0 aliphatic rings. The Bertz CT molecular complexity index is 348. The van der Waals surface area contributed by atoms with Crippen LogP contribution in [-0.4, -0.2) is 13.7 Å². The summed E-state index contributed by atoms with van der Waals surface area (Å²) in [7, 11) is 1.66. The van der Waals surface area contributed by atoms with Crippen molar-refractivity contribution in [2.24, 2.45) is 0 Å². The fraction of sp³-hybridized carbons (Fsp3) is 0.385. The molecule has 1 aromatic carbocycles. The van der Waals surface area contributed by atoms with Crippen LogP contribution >= 0.6 is 15.9 Å². The maximum Gasteiger partial charge on any atom is 0.161 e. The molecule has 0 fully saturated rings. The Balaban J connectivity index is 2.76. The van der Waals surface area contributed by atoms with E-state index >= 15 is 0 Å². The van der Waals surface area contributed by atoms with Crippen molar-refractivity contribution in [2.75, 3.05) is 13.7 Å². The molecule has 2 nitrogen and oxygen atoms in total. The van der Waals surface area contributed by atoms with Gasteiger partial charge in [-0.1, -0.05) is 35.3 Å². The van der Waals surface area contributed by atoms with Gasteiger partial charge < -0.3 is 9.47 Å². The van der Waals surface area contributed by atoms with Crippen LogP contribution in [-0.2, 0) is 0 Å². The van der Waals surface area contributed by atoms with E-state index < -0.39 is 0 Å². The summed E-state index contributed by atoms with van der Waals surface area (Å²) >= 11 is 3.25. The second kappa shape index (κ2) is 7.34. The van der Waals surface area contributed by atoms with Crippen LogP contribution in [0, 0.1) is 0 Å². The van der Waals surface area contributed by atoms with Gasteiger partial charge in [0.05, 0.1) is 13.7 Å². The van der Waals surface area contributed by atoms with Gasteiger partial charge in [-0.15, -0.1) is 0 Å². The van der Waals surface area contributed by atoms with Crippen molar-refractivity contribution < 1.29 is 9.47 Å². The highest BCUT2D eigenvalue weighted by Gasteiger charge is 2.04. The normalized spacial score (nSPS) is 10.7. The standard InChI is InChI=1S/C13H17BrO2/c1-3-4-9-16-12-6-5-11(7-8-14)10-13(12)15-2/h5-8,10H,3-4,9H2,1-2H3. The Kier molecular flexibility index (Phi) is 6.01. The van der Waals surface area contributed by atoms with Crippen molar-refractivity contribution in [3.8, 4) is 11.5 Å². The minimum Gasteiger partial charge on any atom is -0.493 e. The van der Waals surface area contributed by atoms with Crippen LogP contribution in [0.1, 0.15) is 25.3 Å². The second-order valence-corrected chi connectivity index (χ2v) is 3.93. The molecule has 16 heavy (non-hydrogen) atoms. The summed E-state index contributed by atoms with van der Waals surface area (Å²) in [6, 6.07) is 5.90. The van der Waals surface area contributed by atoms with Gasteiger partial charge in [-0.3, -0.25) is 0 Å². The molecule has 1 rings (SSSR count). The second-order valence-electron chi connectivity index (χ2n) is 3.40. The summed E-state index contributed by atoms with van der Waals surface area (Å²) in [4.78, 5) is 1.82. The Hall–Kier alpha value is -0.960. The van der Waals surface area contributed by atoms with E-state index in [1.807, 2.05) is 29.3 Å². The van der Waals surface area contributed by atoms with Crippen molar-refractivity contribution in [2.45, 2.75) is 19.8 Å². The average Bonchev–Trinajstić information content (AvgIpc) is 2.31. The monoisotopic (exact) mass is 284 g/mol. The molecule has 0 radical (unpaired) electrons. The van der Waals surface area contributed by atoms with Crippen LogP contribution in [0.25, 0.3) is 6.08 Å². The third-order valence-corrected chi connectivity index (χ3v) is 2.46. The Morgan fingerprint density at radius 2 is 2.12 bits per heavy atom. The molecule has 0 bridgehead atoms. The van der Waals surface area contributed by atoms with Gasteiger partial charge in [0.25, 0.3) is 0 Å². The molecule has 0 spiro atoms. The van der Waals surface area contributed by atoms with E-state index in [2.05, 4.69) is 22.9 Å². The van der Waals surface area contributed by atoms with Crippen LogP contribution in [0.4, 0.5) is 0 Å². The summed E-state index contributed by atoms with van der Waals surface area (Å²) in [5.41, 5.74) is 1.08. The quantitative estimate of drug-likeness (QED) is 0.728. The van der Waals surface area contributed by atoms with Crippen LogP contribution in [0.2, 0.25) is 0 Å². The summed E-state index contributed by atoms with van der Waals surface area (Å²) in [6.07, 6.45) is 4.15. The van der Waals surface area contributed by atoms with Gasteiger partial charge in [-0.2, -0.15) is 0 Å². The lowest BCUT2D eigenvalue weighted by atomic mass is 10.2. The summed E-state index contributed by atoms with van der Waals surface area (Å²) in [5, 5.41) is 0. The summed E-state index contributed by atoms with van der Waals surface area (Å²) in [6.45, 7) is 2.88. The molecule has 0 saturated heterocycles. The number of ether oxygens (including phenoxy) is 2. The highest BCUT2D eigenvalue weighted by atomic mass is 79.9. The lowest BCUT2D eigenvalue weighted by Crippen LogP contribution is -1.98. The zero-order valence-electron chi connectivity index (χ0n) is 9.70. The van der Waals surface area contributed by atoms with Crippen molar-refractivity contribution in [3.05, 3.63) is 28.7 Å². The smallest absolute Gasteiger partial charge is 0.161 e. The van der Waals surface area contributed by atoms with Crippen molar-refractivity contribution in [1.82, 2.24) is 0 Å². The van der Waals surface area contributed by atoms with E-state index in [9.17, 15) is 0 Å². The van der Waals surface area contributed by atoms with Crippen molar-refractivity contribution in [3.63, 3.8) is 0 Å². The molecule has 0 heterocycles. The minimum atomic E-state index is 0.737. The van der Waals surface area contributed by atoms with E-state index in [0.717, 1.165) is 36.5 Å². The van der Waals surface area contributed by atoms with Gasteiger partial charge in [0.1, 0.15) is 0 Å². The first-order valence-corrected chi connectivity index (χ1v) is 6.31. The van der Waals surface area contributed by atoms with Gasteiger partial charge in [0.2, 0.25) is 0 Å². The van der Waals surface area contributed by atoms with Gasteiger partial charge in [0.15, 0.2) is 11.5 Å². The lowest BCUT2D eigenvalue weighted by molar-refractivity contribution is 0.288. The van der Waals surface area contributed by atoms with Crippen LogP contribution in [0.3, 0.4) is 0 Å². The third kappa shape index (κ3) is 3.89. The lowest BCUT2D eigenvalue weighted by Gasteiger charge is -2.10. The fourth-order valence-corrected chi connectivity index (χ4v) is 1.61. The predicted octanol–water partition coefficient (Wildman–Crippen LogP) is 4.24. The number of halogens is 1. The molecule has 0 aliphatic heterocycles. The number of methoxy groups -OCH3 is 1. The number of unbranched alkanes of at least 4 members (excludes halogenated alkanes) is 1. The largest absolute Gasteiger partial charge is 0.493 e. The minimum absolute atomic E-state index is 0.737. The number of rotatable bonds is 6. The molecule has 0 N–H and O–H groups in total. The van der Waals surface area contributed by atoms with E-state index in [1.54, 1.807) is 7.11 Å². The Labute approximate surface area is 105 Å². The molecule has 3 heteroatoms. The Morgan fingerprint density at radius 1 is 1.31 bits per heavy atom. The molecule has 88 valence electrons. The zero-order valence-corrected chi connectivity index (χ0v) is 11.3. The topological polar surface area (TPSA) is 18.5 Å². The highest BCUT2D eigenvalue weighted by Crippen LogP contribution is 2.28. The van der Waals surface area contributed by atoms with E-state index in [4.69, 9.17) is 9.47 Å². The van der Waals surface area contributed by atoms with Crippen LogP contribution in [0.15, 0.2) is 23.2 Å². The Morgan fingerprint density at radius 3 is 2.75 bits per heavy atom. The van der Waals surface area contributed by atoms with Gasteiger partial charge in [-0.05, 0) is 35.2 Å². The number of hydrogen-bond acceptors (Lipinski definition) is 2. The molecule has 1 aromatic rings. The molecular formula is C13H17BrO2. The van der Waals surface area contributed by atoms with E-state index in [1.165, 1.54) is 0 Å². The van der Waals surface area contributed by atoms with Crippen LogP contribution < -0.4 is 9.47 Å². The third-order valence-electron chi connectivity index (χ3n) is 2.20. The molecule has 0 aliphatic carbocycles. The predicted molar refractivity (Wildman–Crippen MR) is 71.4 cm³/mol. The molecular weight excluding hydrogens is 268 g/mol. The number of benzene rings is 1. The molecule has 0 saturated carbocycles. The van der Waals surface area contributed by atoms with Crippen molar-refractivity contribution >= 4 is 22.0 Å². The highest BCUT2D eigenvalue weighted by molar-refractivity contribution is 9.11. The summed E-state index contributed by atoms with van der Waals surface area (Å²) < 4.78 is 10.9. The molecule has 0 amide bonds. The molecule has 0 atom stereocenters. The van der Waals surface area contributed by atoms with Crippen LogP contribution in [0.5, 0.6) is 11.5 Å². The first kappa shape index (κ1) is 13.1. The van der Waals surface area contributed by atoms with Crippen molar-refractivity contribution in [1.29, 1.82) is 0 Å². The SMILES string of the molecule is CCCCOc1ccc(C=CBr)cc1OC. The van der Waals surface area contributed by atoms with E-state index in [-0.39, 0.29) is 0 Å². The molecule has 0 unspecified atom stereocenters. The van der Waals surface area contributed by atoms with Gasteiger partial charge in [0, 0.05) is 0 Å². The number of hydrogen-bond donors (Lipinski definition) is 0. The fourth-order valence-electron chi connectivity index (χ4n) is 1.31. The maximum atomic E-state index is 5.64. The molecule has 0 aromatic heterocycles. The average molecular weight is 285 g/mol. The summed E-state index contributed by atoms with van der Waals surface area (Å²) in [5.74, 6) is 1.59. The zero-order chi connectivity index (χ0) is 11.8. The maximum absolute atomic E-state index is 5.64. The van der Waals surface area contributed by atoms with E-state index in [0.29, 0.717) is 0 Å². The van der Waals surface area contributed by atoms with Gasteiger partial charge >= 0.3 is 0 Å². The first-order valence-electron chi connectivity index (χ1n) is 5.39.